The highest BCUT2D eigenvalue weighted by atomic mass is 35.5. The number of anilines is 1. The number of nitrogens with two attached hydrogens (primary N) is 1. The number of furan rings is 1. The molecule has 0 bridgehead atoms. The van der Waals surface area contributed by atoms with E-state index in [0.717, 1.165) is 11.3 Å². The topological polar surface area (TPSA) is 97.4 Å². The predicted octanol–water partition coefficient (Wildman–Crippen LogP) is 2.09. The van der Waals surface area contributed by atoms with Crippen molar-refractivity contribution >= 4 is 29.9 Å². The largest absolute Gasteiger partial charge is 0.467 e. The van der Waals surface area contributed by atoms with E-state index in [0.29, 0.717) is 24.3 Å². The molecule has 0 atom stereocenters. The first-order chi connectivity index (χ1) is 10.6. The monoisotopic (exact) mass is 337 g/mol. The highest BCUT2D eigenvalue weighted by Crippen LogP contribution is 2.10. The van der Waals surface area contributed by atoms with Crippen LogP contribution in [0.2, 0.25) is 0 Å². The Bertz CT molecular complexity index is 653. The van der Waals surface area contributed by atoms with E-state index >= 15 is 0 Å². The molecular weight excluding hydrogens is 318 g/mol. The predicted molar refractivity (Wildman–Crippen MR) is 90.6 cm³/mol. The van der Waals surface area contributed by atoms with Crippen molar-refractivity contribution in [3.8, 4) is 0 Å². The van der Waals surface area contributed by atoms with Crippen LogP contribution in [0.25, 0.3) is 0 Å². The summed E-state index contributed by atoms with van der Waals surface area (Å²) >= 11 is 0. The van der Waals surface area contributed by atoms with Crippen LogP contribution in [-0.2, 0) is 17.8 Å². The van der Waals surface area contributed by atoms with Crippen LogP contribution in [0.3, 0.4) is 0 Å². The third-order valence-corrected chi connectivity index (χ3v) is 3.09. The van der Waals surface area contributed by atoms with Crippen molar-refractivity contribution in [2.45, 2.75) is 19.9 Å². The summed E-state index contributed by atoms with van der Waals surface area (Å²) in [5, 5.41) is 5.53. The van der Waals surface area contributed by atoms with Crippen molar-refractivity contribution in [3.63, 3.8) is 0 Å². The van der Waals surface area contributed by atoms with E-state index < -0.39 is 0 Å². The molecule has 124 valence electrons. The van der Waals surface area contributed by atoms with Crippen LogP contribution in [0, 0.1) is 0 Å². The Labute approximate surface area is 140 Å². The van der Waals surface area contributed by atoms with Gasteiger partial charge in [-0.3, -0.25) is 9.59 Å². The van der Waals surface area contributed by atoms with Crippen LogP contribution in [0.1, 0.15) is 28.6 Å². The molecule has 0 aliphatic carbocycles. The lowest BCUT2D eigenvalue weighted by Crippen LogP contribution is -2.25. The number of amides is 2. The molecule has 7 heteroatoms. The van der Waals surface area contributed by atoms with Gasteiger partial charge in [0.15, 0.2) is 0 Å². The van der Waals surface area contributed by atoms with Gasteiger partial charge in [0.2, 0.25) is 5.91 Å². The lowest BCUT2D eigenvalue weighted by atomic mass is 10.1. The van der Waals surface area contributed by atoms with Gasteiger partial charge in [-0.1, -0.05) is 12.1 Å². The standard InChI is InChI=1S/C16H19N3O3.ClH/c1-11(20)19-14-4-2-12(3-5-14)6-7-18-16(21)13-8-15(9-17)22-10-13;/h2-5,8,10H,6-7,9,17H2,1H3,(H,18,21)(H,19,20);1H. The van der Waals surface area contributed by atoms with Gasteiger partial charge in [0, 0.05) is 19.2 Å². The molecular formula is C16H20ClN3O3. The zero-order valence-electron chi connectivity index (χ0n) is 12.8. The summed E-state index contributed by atoms with van der Waals surface area (Å²) in [6, 6.07) is 9.14. The second-order valence-corrected chi connectivity index (χ2v) is 4.89. The summed E-state index contributed by atoms with van der Waals surface area (Å²) < 4.78 is 5.12. The minimum absolute atomic E-state index is 0. The van der Waals surface area contributed by atoms with Crippen molar-refractivity contribution in [2.75, 3.05) is 11.9 Å². The third-order valence-electron chi connectivity index (χ3n) is 3.09. The smallest absolute Gasteiger partial charge is 0.254 e. The van der Waals surface area contributed by atoms with E-state index in [4.69, 9.17) is 10.2 Å². The first kappa shape index (κ1) is 18.7. The minimum atomic E-state index is -0.182. The fourth-order valence-corrected chi connectivity index (χ4v) is 1.99. The quantitative estimate of drug-likeness (QED) is 0.751. The molecule has 23 heavy (non-hydrogen) atoms. The molecule has 2 rings (SSSR count). The van der Waals surface area contributed by atoms with Gasteiger partial charge in [-0.2, -0.15) is 0 Å². The fraction of sp³-hybridized carbons (Fsp3) is 0.250. The van der Waals surface area contributed by atoms with E-state index in [1.165, 1.54) is 13.2 Å². The first-order valence-corrected chi connectivity index (χ1v) is 7.00. The summed E-state index contributed by atoms with van der Waals surface area (Å²) in [4.78, 5) is 22.8. The normalized spacial score (nSPS) is 9.83. The molecule has 2 amide bonds. The van der Waals surface area contributed by atoms with E-state index in [9.17, 15) is 9.59 Å². The average Bonchev–Trinajstić information content (AvgIpc) is 2.97. The van der Waals surface area contributed by atoms with Crippen LogP contribution < -0.4 is 16.4 Å². The highest BCUT2D eigenvalue weighted by Gasteiger charge is 2.08. The van der Waals surface area contributed by atoms with E-state index in [-0.39, 0.29) is 30.8 Å². The number of carbonyl (C=O) groups is 2. The molecule has 0 aliphatic rings. The summed E-state index contributed by atoms with van der Waals surface area (Å²) in [7, 11) is 0. The van der Waals surface area contributed by atoms with E-state index in [1.807, 2.05) is 24.3 Å². The van der Waals surface area contributed by atoms with Crippen molar-refractivity contribution < 1.29 is 14.0 Å². The molecule has 0 saturated heterocycles. The number of benzene rings is 1. The summed E-state index contributed by atoms with van der Waals surface area (Å²) in [5.74, 6) is 0.300. The molecule has 1 aromatic carbocycles. The number of carbonyl (C=O) groups excluding carboxylic acids is 2. The van der Waals surface area contributed by atoms with Gasteiger partial charge in [-0.05, 0) is 30.2 Å². The fourth-order valence-electron chi connectivity index (χ4n) is 1.99. The van der Waals surface area contributed by atoms with E-state index in [1.54, 1.807) is 6.07 Å². The number of hydrogen-bond acceptors (Lipinski definition) is 4. The van der Waals surface area contributed by atoms with Gasteiger partial charge in [0.25, 0.3) is 5.91 Å². The van der Waals surface area contributed by atoms with E-state index in [2.05, 4.69) is 10.6 Å². The maximum atomic E-state index is 11.9. The Hall–Kier alpha value is -2.31. The van der Waals surface area contributed by atoms with Crippen molar-refractivity contribution in [3.05, 3.63) is 53.5 Å². The van der Waals surface area contributed by atoms with Crippen LogP contribution >= 0.6 is 12.4 Å². The van der Waals surface area contributed by atoms with Crippen molar-refractivity contribution in [1.29, 1.82) is 0 Å². The van der Waals surface area contributed by atoms with Gasteiger partial charge in [0.05, 0.1) is 12.1 Å². The maximum Gasteiger partial charge on any atom is 0.254 e. The lowest BCUT2D eigenvalue weighted by Gasteiger charge is -2.06. The van der Waals surface area contributed by atoms with Crippen molar-refractivity contribution in [2.24, 2.45) is 5.73 Å². The van der Waals surface area contributed by atoms with Gasteiger partial charge in [-0.25, -0.2) is 0 Å². The summed E-state index contributed by atoms with van der Waals surface area (Å²) in [6.07, 6.45) is 2.10. The van der Waals surface area contributed by atoms with Gasteiger partial charge in [0.1, 0.15) is 12.0 Å². The minimum Gasteiger partial charge on any atom is -0.467 e. The van der Waals surface area contributed by atoms with Crippen LogP contribution in [0.15, 0.2) is 41.0 Å². The van der Waals surface area contributed by atoms with Crippen LogP contribution in [0.5, 0.6) is 0 Å². The Kier molecular flexibility index (Phi) is 7.31. The first-order valence-electron chi connectivity index (χ1n) is 7.00. The molecule has 0 unspecified atom stereocenters. The molecule has 0 aliphatic heterocycles. The Morgan fingerprint density at radius 1 is 1.22 bits per heavy atom. The Morgan fingerprint density at radius 3 is 2.48 bits per heavy atom. The average molecular weight is 338 g/mol. The SMILES string of the molecule is CC(=O)Nc1ccc(CCNC(=O)c2coc(CN)c2)cc1.Cl. The molecule has 4 N–H and O–H groups in total. The number of hydrogen-bond donors (Lipinski definition) is 3. The number of nitrogens with one attached hydrogen (secondary N) is 2. The molecule has 0 spiro atoms. The number of rotatable bonds is 6. The summed E-state index contributed by atoms with van der Waals surface area (Å²) in [5.41, 5.74) is 7.73. The number of halogens is 1. The van der Waals surface area contributed by atoms with Crippen molar-refractivity contribution in [1.82, 2.24) is 5.32 Å². The third kappa shape index (κ3) is 5.77. The van der Waals surface area contributed by atoms with Gasteiger partial charge >= 0.3 is 0 Å². The zero-order chi connectivity index (χ0) is 15.9. The zero-order valence-corrected chi connectivity index (χ0v) is 13.6. The Balaban J connectivity index is 0.00000264. The van der Waals surface area contributed by atoms with Gasteiger partial charge < -0.3 is 20.8 Å². The molecule has 1 heterocycles. The second kappa shape index (κ2) is 8.97. The maximum absolute atomic E-state index is 11.9. The molecule has 0 radical (unpaired) electrons. The molecule has 1 aromatic heterocycles. The molecule has 2 aromatic rings. The Morgan fingerprint density at radius 2 is 1.91 bits per heavy atom. The van der Waals surface area contributed by atoms with Crippen LogP contribution in [-0.4, -0.2) is 18.4 Å². The molecule has 0 fully saturated rings. The van der Waals surface area contributed by atoms with Gasteiger partial charge in [-0.15, -0.1) is 12.4 Å². The lowest BCUT2D eigenvalue weighted by molar-refractivity contribution is -0.114. The summed E-state index contributed by atoms with van der Waals surface area (Å²) in [6.45, 7) is 2.25. The van der Waals surface area contributed by atoms with Crippen LogP contribution in [0.4, 0.5) is 5.69 Å². The second-order valence-electron chi connectivity index (χ2n) is 4.89. The molecule has 6 nitrogen and oxygen atoms in total. The highest BCUT2D eigenvalue weighted by molar-refractivity contribution is 5.94. The molecule has 0 saturated carbocycles.